The van der Waals surface area contributed by atoms with Gasteiger partial charge in [-0.3, -0.25) is 4.79 Å². The van der Waals surface area contributed by atoms with Gasteiger partial charge in [-0.1, -0.05) is 46.4 Å². The van der Waals surface area contributed by atoms with E-state index in [2.05, 4.69) is 10.3 Å². The Kier molecular flexibility index (Phi) is 4.53. The van der Waals surface area contributed by atoms with Gasteiger partial charge in [0.05, 0.1) is 10.0 Å². The second-order valence-corrected chi connectivity index (χ2v) is 5.17. The number of carbonyl (C=O) groups is 1. The van der Waals surface area contributed by atoms with Crippen molar-refractivity contribution in [3.05, 3.63) is 56.2 Å². The fraction of sp³-hybridized carbons (Fsp3) is 0. The first-order valence-electron chi connectivity index (χ1n) is 5.05. The third-order valence-corrected chi connectivity index (χ3v) is 3.33. The van der Waals surface area contributed by atoms with E-state index in [1.165, 1.54) is 12.1 Å². The molecule has 0 saturated heterocycles. The van der Waals surface area contributed by atoms with Crippen LogP contribution in [0.5, 0.6) is 0 Å². The van der Waals surface area contributed by atoms with Crippen molar-refractivity contribution in [3.63, 3.8) is 0 Å². The summed E-state index contributed by atoms with van der Waals surface area (Å²) in [6, 6.07) is 7.61. The van der Waals surface area contributed by atoms with Crippen LogP contribution in [0.15, 0.2) is 30.3 Å². The summed E-state index contributed by atoms with van der Waals surface area (Å²) in [5.74, 6) is -0.371. The van der Waals surface area contributed by atoms with Crippen LogP contribution in [-0.4, -0.2) is 10.9 Å². The number of aromatic nitrogens is 1. The van der Waals surface area contributed by atoms with Crippen LogP contribution >= 0.6 is 46.4 Å². The monoisotopic (exact) mass is 334 g/mol. The Morgan fingerprint density at radius 1 is 0.947 bits per heavy atom. The van der Waals surface area contributed by atoms with Crippen molar-refractivity contribution in [3.8, 4) is 0 Å². The lowest BCUT2D eigenvalue weighted by Crippen LogP contribution is -2.12. The molecule has 1 N–H and O–H groups in total. The van der Waals surface area contributed by atoms with Crippen LogP contribution in [0.25, 0.3) is 0 Å². The van der Waals surface area contributed by atoms with Gasteiger partial charge in [0.1, 0.15) is 10.3 Å². The van der Waals surface area contributed by atoms with E-state index >= 15 is 0 Å². The first-order valence-corrected chi connectivity index (χ1v) is 6.56. The Morgan fingerprint density at radius 2 is 1.58 bits per heavy atom. The highest BCUT2D eigenvalue weighted by Crippen LogP contribution is 2.25. The molecule has 0 unspecified atom stereocenters. The van der Waals surface area contributed by atoms with E-state index in [4.69, 9.17) is 46.4 Å². The summed E-state index contributed by atoms with van der Waals surface area (Å²) in [6.07, 6.45) is 0. The minimum Gasteiger partial charge on any atom is -0.322 e. The fourth-order valence-corrected chi connectivity index (χ4v) is 2.13. The normalized spacial score (nSPS) is 10.3. The van der Waals surface area contributed by atoms with Crippen molar-refractivity contribution in [2.75, 3.05) is 5.32 Å². The number of rotatable bonds is 2. The Hall–Kier alpha value is -1.00. The van der Waals surface area contributed by atoms with Gasteiger partial charge >= 0.3 is 0 Å². The first kappa shape index (κ1) is 14.4. The summed E-state index contributed by atoms with van der Waals surface area (Å²) in [7, 11) is 0. The topological polar surface area (TPSA) is 42.0 Å². The highest BCUT2D eigenvalue weighted by atomic mass is 35.5. The summed E-state index contributed by atoms with van der Waals surface area (Å²) < 4.78 is 0. The lowest BCUT2D eigenvalue weighted by molar-refractivity contribution is 0.102. The Balaban J connectivity index is 2.22. The van der Waals surface area contributed by atoms with E-state index in [1.54, 1.807) is 18.2 Å². The molecule has 7 heteroatoms. The number of amides is 1. The van der Waals surface area contributed by atoms with Gasteiger partial charge in [0.15, 0.2) is 0 Å². The maximum Gasteiger partial charge on any atom is 0.255 e. The lowest BCUT2D eigenvalue weighted by atomic mass is 10.2. The Bertz CT molecular complexity index is 625. The van der Waals surface area contributed by atoms with Crippen molar-refractivity contribution in [1.29, 1.82) is 0 Å². The summed E-state index contributed by atoms with van der Waals surface area (Å²) in [6.45, 7) is 0. The number of nitrogens with one attached hydrogen (secondary N) is 1. The molecule has 0 atom stereocenters. The third-order valence-electron chi connectivity index (χ3n) is 2.20. The zero-order valence-corrected chi connectivity index (χ0v) is 12.3. The minimum atomic E-state index is -0.371. The van der Waals surface area contributed by atoms with E-state index in [1.807, 2.05) is 0 Å². The van der Waals surface area contributed by atoms with E-state index < -0.39 is 0 Å². The highest BCUT2D eigenvalue weighted by molar-refractivity contribution is 6.42. The summed E-state index contributed by atoms with van der Waals surface area (Å²) in [4.78, 5) is 15.7. The Morgan fingerprint density at radius 3 is 2.16 bits per heavy atom. The molecule has 0 aliphatic rings. The zero-order valence-electron chi connectivity index (χ0n) is 9.25. The number of anilines is 1. The average molecular weight is 336 g/mol. The average Bonchev–Trinajstić information content (AvgIpc) is 2.32. The molecular weight excluding hydrogens is 330 g/mol. The van der Waals surface area contributed by atoms with Gasteiger partial charge in [-0.2, -0.15) is 0 Å². The van der Waals surface area contributed by atoms with E-state index in [9.17, 15) is 4.79 Å². The minimum absolute atomic E-state index is 0.145. The molecule has 98 valence electrons. The van der Waals surface area contributed by atoms with Gasteiger partial charge in [-0.05, 0) is 30.3 Å². The van der Waals surface area contributed by atoms with Crippen molar-refractivity contribution in [1.82, 2.24) is 4.98 Å². The molecule has 0 radical (unpaired) electrons. The molecule has 1 aromatic carbocycles. The molecule has 0 spiro atoms. The maximum absolute atomic E-state index is 12.0. The maximum atomic E-state index is 12.0. The molecule has 2 rings (SSSR count). The molecule has 0 fully saturated rings. The van der Waals surface area contributed by atoms with Gasteiger partial charge in [0.25, 0.3) is 5.91 Å². The Labute approximate surface area is 129 Å². The van der Waals surface area contributed by atoms with E-state index in [0.29, 0.717) is 21.3 Å². The number of nitrogens with zero attached hydrogens (tertiary/aromatic N) is 1. The van der Waals surface area contributed by atoms with Crippen LogP contribution in [0.1, 0.15) is 10.4 Å². The van der Waals surface area contributed by atoms with E-state index in [-0.39, 0.29) is 16.2 Å². The molecule has 0 aliphatic carbocycles. The van der Waals surface area contributed by atoms with Crippen LogP contribution in [0, 0.1) is 0 Å². The lowest BCUT2D eigenvalue weighted by Gasteiger charge is -2.07. The SMILES string of the molecule is O=C(Nc1ccc(Cl)c(Cl)c1)c1cc(Cl)nc(Cl)c1. The number of hydrogen-bond acceptors (Lipinski definition) is 2. The standard InChI is InChI=1S/C12H6Cl4N2O/c13-8-2-1-7(5-9(8)14)17-12(19)6-3-10(15)18-11(16)4-6/h1-5H,(H,17,19). The van der Waals surface area contributed by atoms with Crippen LogP contribution in [0.2, 0.25) is 20.4 Å². The quantitative estimate of drug-likeness (QED) is 0.789. The largest absolute Gasteiger partial charge is 0.322 e. The van der Waals surface area contributed by atoms with Crippen molar-refractivity contribution in [2.24, 2.45) is 0 Å². The zero-order chi connectivity index (χ0) is 14.0. The molecule has 19 heavy (non-hydrogen) atoms. The van der Waals surface area contributed by atoms with Gasteiger partial charge < -0.3 is 5.32 Å². The summed E-state index contributed by atoms with van der Waals surface area (Å²) in [5.41, 5.74) is 0.819. The number of halogens is 4. The van der Waals surface area contributed by atoms with Crippen LogP contribution in [0.4, 0.5) is 5.69 Å². The van der Waals surface area contributed by atoms with Crippen LogP contribution in [-0.2, 0) is 0 Å². The predicted molar refractivity (Wildman–Crippen MR) is 78.7 cm³/mol. The molecule has 1 amide bonds. The van der Waals surface area contributed by atoms with Gasteiger partial charge in [-0.15, -0.1) is 0 Å². The molecule has 3 nitrogen and oxygen atoms in total. The number of hydrogen-bond donors (Lipinski definition) is 1. The number of pyridine rings is 1. The smallest absolute Gasteiger partial charge is 0.255 e. The molecule has 1 aromatic heterocycles. The summed E-state index contributed by atoms with van der Waals surface area (Å²) >= 11 is 23.1. The van der Waals surface area contributed by atoms with Gasteiger partial charge in [-0.25, -0.2) is 4.98 Å². The van der Waals surface area contributed by atoms with Crippen molar-refractivity contribution >= 4 is 58.0 Å². The van der Waals surface area contributed by atoms with Crippen molar-refractivity contribution in [2.45, 2.75) is 0 Å². The number of carbonyl (C=O) groups excluding carboxylic acids is 1. The molecule has 0 saturated carbocycles. The third kappa shape index (κ3) is 3.74. The van der Waals surface area contributed by atoms with Crippen LogP contribution in [0.3, 0.4) is 0 Å². The van der Waals surface area contributed by atoms with Crippen molar-refractivity contribution < 1.29 is 4.79 Å². The van der Waals surface area contributed by atoms with E-state index in [0.717, 1.165) is 0 Å². The molecule has 0 bridgehead atoms. The van der Waals surface area contributed by atoms with Crippen LogP contribution < -0.4 is 5.32 Å². The van der Waals surface area contributed by atoms with Gasteiger partial charge in [0.2, 0.25) is 0 Å². The predicted octanol–water partition coefficient (Wildman–Crippen LogP) is 4.95. The molecule has 0 aliphatic heterocycles. The second-order valence-electron chi connectivity index (χ2n) is 3.58. The molecular formula is C12H6Cl4N2O. The molecule has 2 aromatic rings. The highest BCUT2D eigenvalue weighted by Gasteiger charge is 2.10. The van der Waals surface area contributed by atoms with Gasteiger partial charge in [0, 0.05) is 11.3 Å². The number of benzene rings is 1. The molecule has 1 heterocycles. The summed E-state index contributed by atoms with van der Waals surface area (Å²) in [5, 5.41) is 3.71. The first-order chi connectivity index (χ1) is 8.95. The fourth-order valence-electron chi connectivity index (χ4n) is 1.37. The second kappa shape index (κ2) is 5.97.